The van der Waals surface area contributed by atoms with Crippen LogP contribution in [-0.4, -0.2) is 10.6 Å². The summed E-state index contributed by atoms with van der Waals surface area (Å²) in [6, 6.07) is 0. The number of hydrogen-bond donors (Lipinski definition) is 0. The summed E-state index contributed by atoms with van der Waals surface area (Å²) in [5.41, 5.74) is 0.629. The van der Waals surface area contributed by atoms with Crippen LogP contribution in [0.2, 0.25) is 0 Å². The minimum atomic E-state index is -0.389. The Morgan fingerprint density at radius 3 is 2.86 bits per heavy atom. The Balaban J connectivity index is 2.12. The number of halogens is 2. The first-order valence-electron chi connectivity index (χ1n) is 4.93. The van der Waals surface area contributed by atoms with E-state index in [0.717, 1.165) is 19.3 Å². The Morgan fingerprint density at radius 1 is 1.57 bits per heavy atom. The first-order valence-corrected chi connectivity index (χ1v) is 5.84. The molecule has 2 aliphatic rings. The third-order valence-electron chi connectivity index (χ3n) is 2.69. The van der Waals surface area contributed by atoms with Gasteiger partial charge in [0.15, 0.2) is 5.78 Å². The van der Waals surface area contributed by atoms with Gasteiger partial charge in [-0.3, -0.25) is 4.79 Å². The Hall–Kier alpha value is -0.440. The molecule has 0 radical (unpaired) electrons. The van der Waals surface area contributed by atoms with E-state index in [1.807, 2.05) is 0 Å². The van der Waals surface area contributed by atoms with Crippen LogP contribution in [0.15, 0.2) is 23.6 Å². The molecule has 0 amide bonds. The third-order valence-corrected chi connectivity index (χ3v) is 3.69. The number of allylic oxidation sites excluding steroid dienone is 4. The molecule has 2 aliphatic carbocycles. The second-order valence-electron chi connectivity index (χ2n) is 3.85. The zero-order chi connectivity index (χ0) is 10.1. The number of ketones is 1. The van der Waals surface area contributed by atoms with Crippen molar-refractivity contribution in [2.45, 2.75) is 30.5 Å². The van der Waals surface area contributed by atoms with Crippen LogP contribution in [0.3, 0.4) is 0 Å². The second-order valence-corrected chi connectivity index (χ2v) is 4.77. The molecular weight excluding hydrogens is 247 g/mol. The third kappa shape index (κ3) is 1.97. The molecule has 0 aromatic rings. The summed E-state index contributed by atoms with van der Waals surface area (Å²) in [5, 5.41) is 0. The quantitative estimate of drug-likeness (QED) is 0.710. The molecule has 0 bridgehead atoms. The number of alkyl halides is 1. The van der Waals surface area contributed by atoms with Crippen LogP contribution < -0.4 is 0 Å². The smallest absolute Gasteiger partial charge is 0.153 e. The Morgan fingerprint density at radius 2 is 2.29 bits per heavy atom. The van der Waals surface area contributed by atoms with Gasteiger partial charge in [0.05, 0.1) is 4.83 Å². The van der Waals surface area contributed by atoms with Crippen LogP contribution in [-0.2, 0) is 4.79 Å². The molecule has 3 heteroatoms. The Kier molecular flexibility index (Phi) is 2.86. The molecule has 0 heterocycles. The van der Waals surface area contributed by atoms with Crippen molar-refractivity contribution in [1.29, 1.82) is 0 Å². The van der Waals surface area contributed by atoms with E-state index in [0.29, 0.717) is 12.0 Å². The molecule has 76 valence electrons. The molecule has 0 aromatic heterocycles. The van der Waals surface area contributed by atoms with Crippen LogP contribution in [0.5, 0.6) is 0 Å². The number of hydrogen-bond acceptors (Lipinski definition) is 1. The van der Waals surface area contributed by atoms with Gasteiger partial charge >= 0.3 is 0 Å². The molecule has 14 heavy (non-hydrogen) atoms. The molecule has 0 N–H and O–H groups in total. The van der Waals surface area contributed by atoms with Gasteiger partial charge in [-0.05, 0) is 37.3 Å². The molecule has 1 saturated carbocycles. The van der Waals surface area contributed by atoms with Crippen molar-refractivity contribution in [3.05, 3.63) is 23.6 Å². The summed E-state index contributed by atoms with van der Waals surface area (Å²) in [5.74, 6) is 0.114. The molecular formula is C11H12BrFO. The first-order chi connectivity index (χ1) is 6.70. The molecule has 1 fully saturated rings. The first kappa shape index (κ1) is 10.1. The van der Waals surface area contributed by atoms with E-state index in [1.54, 1.807) is 6.08 Å². The molecule has 1 nitrogen and oxygen atoms in total. The van der Waals surface area contributed by atoms with Crippen LogP contribution in [0, 0.1) is 5.92 Å². The van der Waals surface area contributed by atoms with Crippen molar-refractivity contribution in [3.8, 4) is 0 Å². The van der Waals surface area contributed by atoms with Gasteiger partial charge in [0.2, 0.25) is 0 Å². The Labute approximate surface area is 91.2 Å². The molecule has 0 saturated heterocycles. The summed E-state index contributed by atoms with van der Waals surface area (Å²) < 4.78 is 13.4. The van der Waals surface area contributed by atoms with Gasteiger partial charge in [-0.1, -0.05) is 22.0 Å². The van der Waals surface area contributed by atoms with Gasteiger partial charge in [0.25, 0.3) is 0 Å². The van der Waals surface area contributed by atoms with Crippen LogP contribution in [0.1, 0.15) is 25.7 Å². The van der Waals surface area contributed by atoms with Crippen molar-refractivity contribution in [2.75, 3.05) is 0 Å². The number of Topliss-reactive ketones (excluding diaryl/α,β-unsaturated/α-hetero) is 1. The van der Waals surface area contributed by atoms with Gasteiger partial charge in [-0.25, -0.2) is 4.39 Å². The normalized spacial score (nSPS) is 23.9. The van der Waals surface area contributed by atoms with Crippen molar-refractivity contribution in [1.82, 2.24) is 0 Å². The monoisotopic (exact) mass is 258 g/mol. The van der Waals surface area contributed by atoms with Gasteiger partial charge in [0.1, 0.15) is 5.83 Å². The fourth-order valence-corrected chi connectivity index (χ4v) is 2.47. The number of carbonyl (C=O) groups excluding carboxylic acids is 1. The van der Waals surface area contributed by atoms with Gasteiger partial charge in [0, 0.05) is 5.92 Å². The highest BCUT2D eigenvalue weighted by molar-refractivity contribution is 9.10. The molecule has 1 atom stereocenters. The summed E-state index contributed by atoms with van der Waals surface area (Å²) >= 11 is 3.30. The van der Waals surface area contributed by atoms with Crippen molar-refractivity contribution >= 4 is 21.7 Å². The average molecular weight is 259 g/mol. The lowest BCUT2D eigenvalue weighted by molar-refractivity contribution is -0.119. The number of rotatable bonds is 3. The summed E-state index contributed by atoms with van der Waals surface area (Å²) in [7, 11) is 0. The predicted molar refractivity (Wildman–Crippen MR) is 57.0 cm³/mol. The van der Waals surface area contributed by atoms with E-state index in [1.165, 1.54) is 6.08 Å². The van der Waals surface area contributed by atoms with Crippen molar-refractivity contribution in [3.63, 3.8) is 0 Å². The van der Waals surface area contributed by atoms with Crippen LogP contribution in [0.4, 0.5) is 4.39 Å². The van der Waals surface area contributed by atoms with E-state index < -0.39 is 0 Å². The maximum Gasteiger partial charge on any atom is 0.153 e. The minimum Gasteiger partial charge on any atom is -0.298 e. The highest BCUT2D eigenvalue weighted by Crippen LogP contribution is 2.37. The van der Waals surface area contributed by atoms with Crippen LogP contribution >= 0.6 is 15.9 Å². The maximum atomic E-state index is 13.4. The van der Waals surface area contributed by atoms with Gasteiger partial charge < -0.3 is 0 Å². The molecule has 1 unspecified atom stereocenters. The van der Waals surface area contributed by atoms with Crippen molar-refractivity contribution < 1.29 is 9.18 Å². The predicted octanol–water partition coefficient (Wildman–Crippen LogP) is 3.30. The second kappa shape index (κ2) is 3.97. The van der Waals surface area contributed by atoms with E-state index >= 15 is 0 Å². The lowest BCUT2D eigenvalue weighted by atomic mass is 9.97. The van der Waals surface area contributed by atoms with Gasteiger partial charge in [-0.2, -0.15) is 0 Å². The zero-order valence-corrected chi connectivity index (χ0v) is 9.39. The molecule has 0 aliphatic heterocycles. The number of carbonyl (C=O) groups is 1. The highest BCUT2D eigenvalue weighted by atomic mass is 79.9. The standard InChI is InChI=1S/C11H12BrFO/c12-10(11(14)7-5-6-7)8-3-1-2-4-9(8)13/h2,4,7,10H,1,3,5-6H2. The fourth-order valence-electron chi connectivity index (χ4n) is 1.65. The Bertz CT molecular complexity index is 315. The van der Waals surface area contributed by atoms with Crippen LogP contribution in [0.25, 0.3) is 0 Å². The van der Waals surface area contributed by atoms with E-state index in [4.69, 9.17) is 0 Å². The largest absolute Gasteiger partial charge is 0.298 e. The van der Waals surface area contributed by atoms with E-state index in [2.05, 4.69) is 15.9 Å². The summed E-state index contributed by atoms with van der Waals surface area (Å²) in [6.45, 7) is 0. The minimum absolute atomic E-state index is 0.158. The highest BCUT2D eigenvalue weighted by Gasteiger charge is 2.35. The van der Waals surface area contributed by atoms with E-state index in [9.17, 15) is 9.18 Å². The summed E-state index contributed by atoms with van der Waals surface area (Å²) in [6.07, 6.45) is 6.73. The lowest BCUT2D eigenvalue weighted by Gasteiger charge is -2.15. The zero-order valence-electron chi connectivity index (χ0n) is 7.80. The molecule has 0 aromatic carbocycles. The fraction of sp³-hybridized carbons (Fsp3) is 0.545. The lowest BCUT2D eigenvalue weighted by Crippen LogP contribution is -2.19. The van der Waals surface area contributed by atoms with Gasteiger partial charge in [-0.15, -0.1) is 0 Å². The summed E-state index contributed by atoms with van der Waals surface area (Å²) in [4.78, 5) is 11.3. The SMILES string of the molecule is O=C(C1CC1)C(Br)C1=C(F)C=CCC1. The molecule has 0 spiro atoms. The maximum absolute atomic E-state index is 13.4. The average Bonchev–Trinajstić information content (AvgIpc) is 3.00. The molecule has 2 rings (SSSR count). The topological polar surface area (TPSA) is 17.1 Å². The van der Waals surface area contributed by atoms with Crippen molar-refractivity contribution in [2.24, 2.45) is 5.92 Å². The van der Waals surface area contributed by atoms with E-state index in [-0.39, 0.29) is 22.4 Å².